The first kappa shape index (κ1) is 19.8. The number of anilines is 1. The van der Waals surface area contributed by atoms with E-state index in [1.165, 1.54) is 11.5 Å². The van der Waals surface area contributed by atoms with E-state index in [4.69, 9.17) is 4.74 Å². The number of hydrogen-bond donors (Lipinski definition) is 1. The Morgan fingerprint density at radius 3 is 2.68 bits per heavy atom. The monoisotopic (exact) mass is 399 g/mol. The van der Waals surface area contributed by atoms with Crippen molar-refractivity contribution < 1.29 is 14.3 Å². The van der Waals surface area contributed by atoms with Crippen molar-refractivity contribution in [1.29, 1.82) is 0 Å². The molecule has 8 heteroatoms. The molecule has 0 fully saturated rings. The van der Waals surface area contributed by atoms with Crippen LogP contribution < -0.4 is 15.6 Å². The summed E-state index contributed by atoms with van der Waals surface area (Å²) < 4.78 is 6.99. The van der Waals surface area contributed by atoms with Crippen molar-refractivity contribution in [3.8, 4) is 5.75 Å². The van der Waals surface area contributed by atoms with Crippen molar-refractivity contribution in [3.63, 3.8) is 0 Å². The minimum Gasteiger partial charge on any atom is -0.491 e. The van der Waals surface area contributed by atoms with E-state index in [1.807, 2.05) is 19.9 Å². The molecule has 0 atom stereocenters. The van der Waals surface area contributed by atoms with Gasteiger partial charge in [0.25, 0.3) is 5.56 Å². The summed E-state index contributed by atoms with van der Waals surface area (Å²) in [4.78, 5) is 41.2. The zero-order chi connectivity index (χ0) is 20.4. The summed E-state index contributed by atoms with van der Waals surface area (Å²) >= 11 is 1.13. The first-order valence-electron chi connectivity index (χ1n) is 8.82. The van der Waals surface area contributed by atoms with Crippen LogP contribution in [0, 0.1) is 6.92 Å². The van der Waals surface area contributed by atoms with Crippen LogP contribution in [0.4, 0.5) is 5.13 Å². The summed E-state index contributed by atoms with van der Waals surface area (Å²) in [5.74, 6) is 0.213. The molecule has 0 radical (unpaired) electrons. The molecule has 0 saturated carbocycles. The maximum atomic E-state index is 12.7. The zero-order valence-electron chi connectivity index (χ0n) is 16.1. The van der Waals surface area contributed by atoms with Crippen LogP contribution in [0.15, 0.2) is 35.3 Å². The summed E-state index contributed by atoms with van der Waals surface area (Å²) in [7, 11) is 0. The molecular weight excluding hydrogens is 378 g/mol. The Morgan fingerprint density at radius 1 is 1.29 bits per heavy atom. The first-order valence-corrected chi connectivity index (χ1v) is 9.64. The van der Waals surface area contributed by atoms with E-state index in [0.29, 0.717) is 26.8 Å². The average molecular weight is 399 g/mol. The molecular formula is C20H21N3O4S. The van der Waals surface area contributed by atoms with Crippen molar-refractivity contribution in [1.82, 2.24) is 9.55 Å². The fourth-order valence-electron chi connectivity index (χ4n) is 2.83. The third-order valence-corrected chi connectivity index (χ3v) is 5.17. The van der Waals surface area contributed by atoms with Gasteiger partial charge in [0.2, 0.25) is 5.91 Å². The van der Waals surface area contributed by atoms with E-state index >= 15 is 0 Å². The van der Waals surface area contributed by atoms with Gasteiger partial charge in [0.15, 0.2) is 10.9 Å². The fraction of sp³-hybridized carbons (Fsp3) is 0.300. The molecule has 28 heavy (non-hydrogen) atoms. The second kappa shape index (κ2) is 7.93. The molecule has 1 aromatic carbocycles. The Balaban J connectivity index is 1.79. The van der Waals surface area contributed by atoms with E-state index in [1.54, 1.807) is 31.3 Å². The number of carbonyl (C=O) groups excluding carboxylic acids is 2. The molecule has 2 heterocycles. The van der Waals surface area contributed by atoms with Crippen molar-refractivity contribution in [2.45, 2.75) is 40.3 Å². The van der Waals surface area contributed by atoms with Crippen LogP contribution in [-0.2, 0) is 11.3 Å². The van der Waals surface area contributed by atoms with Crippen molar-refractivity contribution in [2.75, 3.05) is 5.32 Å². The number of carbonyl (C=O) groups is 2. The molecule has 1 N–H and O–H groups in total. The van der Waals surface area contributed by atoms with Gasteiger partial charge in [0, 0.05) is 18.5 Å². The van der Waals surface area contributed by atoms with Crippen LogP contribution in [-0.4, -0.2) is 27.3 Å². The fourth-order valence-corrected chi connectivity index (χ4v) is 3.70. The molecule has 0 saturated heterocycles. The smallest absolute Gasteiger partial charge is 0.258 e. The van der Waals surface area contributed by atoms with E-state index in [0.717, 1.165) is 16.7 Å². The average Bonchev–Trinajstić information content (AvgIpc) is 2.97. The van der Waals surface area contributed by atoms with Crippen LogP contribution >= 0.6 is 11.3 Å². The Labute approximate surface area is 166 Å². The minimum absolute atomic E-state index is 0.0412. The highest BCUT2D eigenvalue weighted by Gasteiger charge is 2.14. The molecule has 0 unspecified atom stereocenters. The van der Waals surface area contributed by atoms with Gasteiger partial charge >= 0.3 is 0 Å². The Morgan fingerprint density at radius 2 is 2.04 bits per heavy atom. The summed E-state index contributed by atoms with van der Waals surface area (Å²) in [6, 6.07) is 7.03. The first-order chi connectivity index (χ1) is 13.2. The molecule has 0 aliphatic rings. The summed E-state index contributed by atoms with van der Waals surface area (Å²) in [6.07, 6.45) is 1.62. The molecule has 2 aromatic heterocycles. The van der Waals surface area contributed by atoms with Crippen LogP contribution in [0.25, 0.3) is 10.8 Å². The van der Waals surface area contributed by atoms with E-state index in [9.17, 15) is 14.4 Å². The Hall–Kier alpha value is -3.00. The molecule has 3 aromatic rings. The number of rotatable bonds is 6. The number of nitrogens with zero attached hydrogens (tertiary/aromatic N) is 2. The van der Waals surface area contributed by atoms with Crippen LogP contribution in [0.2, 0.25) is 0 Å². The molecule has 1 amide bonds. The topological polar surface area (TPSA) is 90.3 Å². The van der Waals surface area contributed by atoms with Crippen molar-refractivity contribution in [3.05, 3.63) is 51.4 Å². The van der Waals surface area contributed by atoms with Gasteiger partial charge < -0.3 is 14.6 Å². The van der Waals surface area contributed by atoms with Crippen LogP contribution in [0.5, 0.6) is 5.75 Å². The number of hydrogen-bond acceptors (Lipinski definition) is 6. The lowest BCUT2D eigenvalue weighted by atomic mass is 10.1. The standard InChI is InChI=1S/C20H21N3O4S/c1-11(2)27-15-5-6-16-14(9-15)7-8-23(19(16)26)10-17(25)22-20-21-12(3)18(28-20)13(4)24/h5-9,11H,10H2,1-4H3,(H,21,22,25). The minimum atomic E-state index is -0.384. The predicted octanol–water partition coefficient (Wildman–Crippen LogP) is 3.39. The number of aromatic nitrogens is 2. The van der Waals surface area contributed by atoms with Gasteiger partial charge in [-0.25, -0.2) is 4.98 Å². The number of fused-ring (bicyclic) bond motifs is 1. The number of pyridine rings is 1. The van der Waals surface area contributed by atoms with Gasteiger partial charge in [0.05, 0.1) is 16.7 Å². The van der Waals surface area contributed by atoms with Crippen LogP contribution in [0.1, 0.15) is 36.1 Å². The van der Waals surface area contributed by atoms with E-state index in [-0.39, 0.29) is 29.9 Å². The number of ketones is 1. The SMILES string of the molecule is CC(=O)c1sc(NC(=O)Cn2ccc3cc(OC(C)C)ccc3c2=O)nc1C. The lowest BCUT2D eigenvalue weighted by molar-refractivity contribution is -0.116. The second-order valence-electron chi connectivity index (χ2n) is 6.70. The Bertz CT molecular complexity index is 1110. The van der Waals surface area contributed by atoms with E-state index < -0.39 is 0 Å². The van der Waals surface area contributed by atoms with Gasteiger partial charge in [-0.1, -0.05) is 11.3 Å². The number of Topliss-reactive ketones (excluding diaryl/α,β-unsaturated/α-hetero) is 1. The second-order valence-corrected chi connectivity index (χ2v) is 7.70. The maximum absolute atomic E-state index is 12.7. The van der Waals surface area contributed by atoms with Gasteiger partial charge in [-0.3, -0.25) is 14.4 Å². The largest absolute Gasteiger partial charge is 0.491 e. The molecule has 0 aliphatic carbocycles. The predicted molar refractivity (Wildman–Crippen MR) is 109 cm³/mol. The highest BCUT2D eigenvalue weighted by Crippen LogP contribution is 2.23. The third kappa shape index (κ3) is 4.28. The van der Waals surface area contributed by atoms with Crippen LogP contribution in [0.3, 0.4) is 0 Å². The Kier molecular flexibility index (Phi) is 5.60. The number of thiazole rings is 1. The van der Waals surface area contributed by atoms with Gasteiger partial charge in [-0.05, 0) is 50.4 Å². The number of benzene rings is 1. The number of nitrogens with one attached hydrogen (secondary N) is 1. The number of ether oxygens (including phenoxy) is 1. The normalized spacial score (nSPS) is 11.0. The van der Waals surface area contributed by atoms with Crippen molar-refractivity contribution >= 4 is 38.9 Å². The lowest BCUT2D eigenvalue weighted by Crippen LogP contribution is -2.27. The summed E-state index contributed by atoms with van der Waals surface area (Å²) in [5, 5.41) is 4.25. The quantitative estimate of drug-likeness (QED) is 0.642. The van der Waals surface area contributed by atoms with Gasteiger partial charge in [0.1, 0.15) is 12.3 Å². The summed E-state index contributed by atoms with van der Waals surface area (Å²) in [5.41, 5.74) is 0.318. The maximum Gasteiger partial charge on any atom is 0.258 e. The third-order valence-electron chi connectivity index (χ3n) is 4.00. The van der Waals surface area contributed by atoms with Gasteiger partial charge in [-0.15, -0.1) is 0 Å². The van der Waals surface area contributed by atoms with Gasteiger partial charge in [-0.2, -0.15) is 0 Å². The zero-order valence-corrected chi connectivity index (χ0v) is 16.9. The molecule has 0 spiro atoms. The summed E-state index contributed by atoms with van der Waals surface area (Å²) in [6.45, 7) is 6.90. The van der Waals surface area contributed by atoms with E-state index in [2.05, 4.69) is 10.3 Å². The number of aryl methyl sites for hydroxylation is 1. The highest BCUT2D eigenvalue weighted by atomic mass is 32.1. The lowest BCUT2D eigenvalue weighted by Gasteiger charge is -2.11. The molecule has 0 bridgehead atoms. The molecule has 0 aliphatic heterocycles. The van der Waals surface area contributed by atoms with Crippen molar-refractivity contribution in [2.24, 2.45) is 0 Å². The number of amides is 1. The highest BCUT2D eigenvalue weighted by molar-refractivity contribution is 7.17. The molecule has 7 nitrogen and oxygen atoms in total. The molecule has 3 rings (SSSR count). The molecule has 146 valence electrons.